The first-order valence-corrected chi connectivity index (χ1v) is 6.04. The third-order valence-electron chi connectivity index (χ3n) is 2.41. The molecule has 0 aliphatic carbocycles. The third-order valence-corrected chi connectivity index (χ3v) is 2.41. The maximum Gasteiger partial charge on any atom is 0.325 e. The van der Waals surface area contributed by atoms with Crippen LogP contribution in [0.5, 0.6) is 0 Å². The number of unbranched alkanes of at least 4 members (excludes halogenated alkanes) is 5. The molecule has 4 heteroatoms. The molecule has 0 saturated heterocycles. The molecule has 16 heavy (non-hydrogen) atoms. The lowest BCUT2D eigenvalue weighted by Crippen LogP contribution is -2.29. The first kappa shape index (κ1) is 14.9. The van der Waals surface area contributed by atoms with Crippen LogP contribution < -0.4 is 5.32 Å². The second-order valence-corrected chi connectivity index (χ2v) is 3.87. The van der Waals surface area contributed by atoms with Crippen LogP contribution in [0.4, 0.5) is 0 Å². The van der Waals surface area contributed by atoms with Crippen molar-refractivity contribution in [3.63, 3.8) is 0 Å². The summed E-state index contributed by atoms with van der Waals surface area (Å²) >= 11 is 0. The van der Waals surface area contributed by atoms with Crippen LogP contribution in [0.1, 0.15) is 51.9 Å². The summed E-state index contributed by atoms with van der Waals surface area (Å²) in [6.45, 7) is 2.16. The normalized spacial score (nSPS) is 9.88. The number of amides is 1. The van der Waals surface area contributed by atoms with Crippen LogP contribution in [0.3, 0.4) is 0 Å². The Kier molecular flexibility index (Phi) is 9.76. The van der Waals surface area contributed by atoms with Crippen LogP contribution in [0.15, 0.2) is 0 Å². The average molecular weight is 229 g/mol. The van der Waals surface area contributed by atoms with Gasteiger partial charge in [0.1, 0.15) is 6.54 Å². The number of carbonyl (C=O) groups is 2. The molecule has 0 unspecified atom stereocenters. The van der Waals surface area contributed by atoms with Crippen molar-refractivity contribution in [2.45, 2.75) is 51.9 Å². The van der Waals surface area contributed by atoms with Gasteiger partial charge in [-0.25, -0.2) is 0 Å². The highest BCUT2D eigenvalue weighted by atomic mass is 16.5. The van der Waals surface area contributed by atoms with E-state index in [9.17, 15) is 9.59 Å². The zero-order valence-corrected chi connectivity index (χ0v) is 10.4. The molecule has 0 rings (SSSR count). The summed E-state index contributed by atoms with van der Waals surface area (Å²) in [7, 11) is 1.31. The van der Waals surface area contributed by atoms with Crippen molar-refractivity contribution in [1.82, 2.24) is 5.32 Å². The molecule has 0 radical (unpaired) electrons. The number of hydrogen-bond donors (Lipinski definition) is 1. The third kappa shape index (κ3) is 9.49. The summed E-state index contributed by atoms with van der Waals surface area (Å²) in [4.78, 5) is 22.0. The second kappa shape index (κ2) is 10.5. The van der Waals surface area contributed by atoms with E-state index in [1.165, 1.54) is 32.8 Å². The van der Waals surface area contributed by atoms with Crippen molar-refractivity contribution in [3.05, 3.63) is 0 Å². The van der Waals surface area contributed by atoms with Crippen LogP contribution in [0, 0.1) is 0 Å². The molecule has 94 valence electrons. The van der Waals surface area contributed by atoms with Crippen LogP contribution in [-0.4, -0.2) is 25.5 Å². The van der Waals surface area contributed by atoms with Gasteiger partial charge in [-0.2, -0.15) is 0 Å². The fourth-order valence-corrected chi connectivity index (χ4v) is 1.40. The smallest absolute Gasteiger partial charge is 0.325 e. The Balaban J connectivity index is 3.27. The van der Waals surface area contributed by atoms with Crippen LogP contribution in [0.2, 0.25) is 0 Å². The van der Waals surface area contributed by atoms with Gasteiger partial charge in [-0.05, 0) is 6.42 Å². The number of hydrogen-bond acceptors (Lipinski definition) is 3. The Morgan fingerprint density at radius 2 is 1.69 bits per heavy atom. The van der Waals surface area contributed by atoms with Crippen molar-refractivity contribution in [2.75, 3.05) is 13.7 Å². The van der Waals surface area contributed by atoms with E-state index >= 15 is 0 Å². The minimum atomic E-state index is -0.406. The van der Waals surface area contributed by atoms with E-state index in [2.05, 4.69) is 17.0 Å². The van der Waals surface area contributed by atoms with Crippen molar-refractivity contribution < 1.29 is 14.3 Å². The molecule has 0 heterocycles. The molecule has 0 aromatic rings. The van der Waals surface area contributed by atoms with Crippen molar-refractivity contribution >= 4 is 11.9 Å². The lowest BCUT2D eigenvalue weighted by atomic mass is 10.1. The zero-order valence-electron chi connectivity index (χ0n) is 10.4. The van der Waals surface area contributed by atoms with E-state index in [0.29, 0.717) is 6.42 Å². The van der Waals surface area contributed by atoms with E-state index in [4.69, 9.17) is 0 Å². The number of methoxy groups -OCH3 is 1. The molecular weight excluding hydrogens is 206 g/mol. The lowest BCUT2D eigenvalue weighted by Gasteiger charge is -2.03. The van der Waals surface area contributed by atoms with Gasteiger partial charge in [0, 0.05) is 6.42 Å². The van der Waals surface area contributed by atoms with Crippen molar-refractivity contribution in [3.8, 4) is 0 Å². The molecular formula is C12H23NO3. The van der Waals surface area contributed by atoms with Gasteiger partial charge in [-0.3, -0.25) is 9.59 Å². The number of carbonyl (C=O) groups excluding carboxylic acids is 2. The van der Waals surface area contributed by atoms with Gasteiger partial charge in [0.05, 0.1) is 7.11 Å². The van der Waals surface area contributed by atoms with E-state index in [1.54, 1.807) is 0 Å². The predicted molar refractivity (Wildman–Crippen MR) is 63.0 cm³/mol. The number of rotatable bonds is 9. The fourth-order valence-electron chi connectivity index (χ4n) is 1.40. The van der Waals surface area contributed by atoms with Gasteiger partial charge in [-0.1, -0.05) is 39.0 Å². The predicted octanol–water partition coefficient (Wildman–Crippen LogP) is 2.03. The summed E-state index contributed by atoms with van der Waals surface area (Å²) in [5.41, 5.74) is 0. The fraction of sp³-hybridized carbons (Fsp3) is 0.833. The molecule has 0 saturated carbocycles. The Hall–Kier alpha value is -1.06. The number of esters is 1. The highest BCUT2D eigenvalue weighted by molar-refractivity contribution is 5.81. The molecule has 1 N–H and O–H groups in total. The summed E-state index contributed by atoms with van der Waals surface area (Å²) in [5, 5.41) is 2.52. The zero-order chi connectivity index (χ0) is 12.2. The van der Waals surface area contributed by atoms with Crippen molar-refractivity contribution in [2.24, 2.45) is 0 Å². The first-order chi connectivity index (χ1) is 7.70. The van der Waals surface area contributed by atoms with Crippen LogP contribution in [0.25, 0.3) is 0 Å². The maximum absolute atomic E-state index is 11.2. The van der Waals surface area contributed by atoms with E-state index in [-0.39, 0.29) is 12.5 Å². The van der Waals surface area contributed by atoms with E-state index in [0.717, 1.165) is 12.8 Å². The molecule has 0 bridgehead atoms. The molecule has 0 atom stereocenters. The molecule has 0 aliphatic heterocycles. The molecule has 0 fully saturated rings. The van der Waals surface area contributed by atoms with Gasteiger partial charge in [0.2, 0.25) is 5.91 Å². The SMILES string of the molecule is CCCCCCCCC(=O)NCC(=O)OC. The topological polar surface area (TPSA) is 55.4 Å². The Morgan fingerprint density at radius 1 is 1.06 bits per heavy atom. The maximum atomic E-state index is 11.2. The summed E-state index contributed by atoms with van der Waals surface area (Å²) in [6.07, 6.45) is 7.44. The van der Waals surface area contributed by atoms with Gasteiger partial charge in [-0.15, -0.1) is 0 Å². The van der Waals surface area contributed by atoms with Gasteiger partial charge >= 0.3 is 5.97 Å². The van der Waals surface area contributed by atoms with Gasteiger partial charge in [0.15, 0.2) is 0 Å². The summed E-state index contributed by atoms with van der Waals surface area (Å²) < 4.78 is 4.42. The monoisotopic (exact) mass is 229 g/mol. The van der Waals surface area contributed by atoms with E-state index in [1.807, 2.05) is 0 Å². The summed E-state index contributed by atoms with van der Waals surface area (Å²) in [5.74, 6) is -0.475. The highest BCUT2D eigenvalue weighted by Gasteiger charge is 2.04. The van der Waals surface area contributed by atoms with Crippen molar-refractivity contribution in [1.29, 1.82) is 0 Å². The summed E-state index contributed by atoms with van der Waals surface area (Å²) in [6, 6.07) is 0. The molecule has 1 amide bonds. The molecule has 0 aromatic carbocycles. The van der Waals surface area contributed by atoms with E-state index < -0.39 is 5.97 Å². The molecule has 0 aromatic heterocycles. The van der Waals surface area contributed by atoms with Crippen LogP contribution in [-0.2, 0) is 14.3 Å². The number of ether oxygens (including phenoxy) is 1. The second-order valence-electron chi connectivity index (χ2n) is 3.87. The molecule has 0 aliphatic rings. The van der Waals surface area contributed by atoms with Gasteiger partial charge in [0.25, 0.3) is 0 Å². The Bertz CT molecular complexity index is 204. The Morgan fingerprint density at radius 3 is 2.31 bits per heavy atom. The largest absolute Gasteiger partial charge is 0.468 e. The molecule has 0 spiro atoms. The average Bonchev–Trinajstić information content (AvgIpc) is 2.30. The first-order valence-electron chi connectivity index (χ1n) is 6.04. The minimum Gasteiger partial charge on any atom is -0.468 e. The van der Waals surface area contributed by atoms with Crippen LogP contribution >= 0.6 is 0 Å². The number of nitrogens with one attached hydrogen (secondary N) is 1. The Labute approximate surface area is 97.7 Å². The highest BCUT2D eigenvalue weighted by Crippen LogP contribution is 2.06. The standard InChI is InChI=1S/C12H23NO3/c1-3-4-5-6-7-8-9-11(14)13-10-12(15)16-2/h3-10H2,1-2H3,(H,13,14). The molecule has 4 nitrogen and oxygen atoms in total. The quantitative estimate of drug-likeness (QED) is 0.486. The lowest BCUT2D eigenvalue weighted by molar-refractivity contribution is -0.141. The van der Waals surface area contributed by atoms with Gasteiger partial charge < -0.3 is 10.1 Å². The minimum absolute atomic E-state index is 0.0227.